The van der Waals surface area contributed by atoms with E-state index in [0.717, 1.165) is 16.4 Å². The van der Waals surface area contributed by atoms with Gasteiger partial charge in [0.15, 0.2) is 0 Å². The van der Waals surface area contributed by atoms with Crippen molar-refractivity contribution in [2.24, 2.45) is 0 Å². The summed E-state index contributed by atoms with van der Waals surface area (Å²) in [6.45, 7) is -0.255. The molecule has 0 saturated carbocycles. The number of aliphatic hydroxyl groups is 1. The van der Waals surface area contributed by atoms with Crippen LogP contribution < -0.4 is 4.72 Å². The molecule has 0 heterocycles. The van der Waals surface area contributed by atoms with Gasteiger partial charge in [-0.2, -0.15) is 25.9 Å². The van der Waals surface area contributed by atoms with Crippen molar-refractivity contribution in [3.8, 4) is 0 Å². The summed E-state index contributed by atoms with van der Waals surface area (Å²) in [5, 5.41) is 8.49. The van der Waals surface area contributed by atoms with Crippen LogP contribution in [-0.4, -0.2) is 38.0 Å². The number of anilines is 1. The molecule has 0 saturated heterocycles. The van der Waals surface area contributed by atoms with Gasteiger partial charge in [-0.1, -0.05) is 11.6 Å². The maximum atomic E-state index is 12.9. The normalized spacial score (nSPS) is 12.7. The van der Waals surface area contributed by atoms with E-state index < -0.39 is 27.6 Å². The molecule has 0 atom stereocenters. The average Bonchev–Trinajstić information content (AvgIpc) is 2.36. The van der Waals surface area contributed by atoms with Crippen LogP contribution in [0.4, 0.5) is 18.9 Å². The topological polar surface area (TPSA) is 69.6 Å². The van der Waals surface area contributed by atoms with Crippen molar-refractivity contribution in [3.05, 3.63) is 28.8 Å². The van der Waals surface area contributed by atoms with Crippen LogP contribution in [0.5, 0.6) is 0 Å². The number of halogens is 4. The minimum absolute atomic E-state index is 0.0270. The fourth-order valence-electron chi connectivity index (χ4n) is 1.47. The lowest BCUT2D eigenvalue weighted by molar-refractivity contribution is -0.136. The van der Waals surface area contributed by atoms with Crippen LogP contribution in [0.1, 0.15) is 12.0 Å². The molecule has 5 nitrogen and oxygen atoms in total. The third-order valence-electron chi connectivity index (χ3n) is 2.57. The second-order valence-corrected chi connectivity index (χ2v) is 6.41. The zero-order valence-electron chi connectivity index (χ0n) is 11.0. The molecule has 1 rings (SSSR count). The standard InChI is InChI=1S/C11H14ClF3N2O3S/c1-17(5-2-6-18)21(19,20)16-10-4-3-8(12)7-9(10)11(13,14)15/h3-4,7,16,18H,2,5-6H2,1H3. The Kier molecular flexibility index (Phi) is 5.85. The molecule has 120 valence electrons. The Morgan fingerprint density at radius 3 is 2.52 bits per heavy atom. The monoisotopic (exact) mass is 346 g/mol. The van der Waals surface area contributed by atoms with Crippen molar-refractivity contribution >= 4 is 27.5 Å². The fraction of sp³-hybridized carbons (Fsp3) is 0.455. The van der Waals surface area contributed by atoms with Gasteiger partial charge in [-0.15, -0.1) is 0 Å². The summed E-state index contributed by atoms with van der Waals surface area (Å²) in [5.74, 6) is 0. The number of aliphatic hydroxyl groups excluding tert-OH is 1. The summed E-state index contributed by atoms with van der Waals surface area (Å²) in [6, 6.07) is 2.75. The lowest BCUT2D eigenvalue weighted by atomic mass is 10.2. The molecule has 0 aliphatic rings. The van der Waals surface area contributed by atoms with Gasteiger partial charge in [0.25, 0.3) is 0 Å². The third kappa shape index (κ3) is 5.03. The summed E-state index contributed by atoms with van der Waals surface area (Å²) in [6.07, 6.45) is -4.57. The fourth-order valence-corrected chi connectivity index (χ4v) is 2.62. The molecule has 0 aliphatic heterocycles. The zero-order valence-corrected chi connectivity index (χ0v) is 12.6. The smallest absolute Gasteiger partial charge is 0.396 e. The predicted octanol–water partition coefficient (Wildman–Crippen LogP) is 2.33. The number of nitrogens with one attached hydrogen (secondary N) is 1. The van der Waals surface area contributed by atoms with Gasteiger partial charge in [-0.05, 0) is 24.6 Å². The first-order valence-electron chi connectivity index (χ1n) is 5.79. The minimum atomic E-state index is -4.74. The highest BCUT2D eigenvalue weighted by atomic mass is 35.5. The molecule has 0 bridgehead atoms. The van der Waals surface area contributed by atoms with Crippen molar-refractivity contribution < 1.29 is 26.7 Å². The van der Waals surface area contributed by atoms with Crippen molar-refractivity contribution in [1.82, 2.24) is 4.31 Å². The Morgan fingerprint density at radius 1 is 1.38 bits per heavy atom. The van der Waals surface area contributed by atoms with Gasteiger partial charge in [-0.3, -0.25) is 4.72 Å². The van der Waals surface area contributed by atoms with Gasteiger partial charge in [-0.25, -0.2) is 0 Å². The molecule has 1 aromatic rings. The van der Waals surface area contributed by atoms with Gasteiger partial charge in [0.2, 0.25) is 0 Å². The molecule has 0 fully saturated rings. The van der Waals surface area contributed by atoms with Crippen LogP contribution in [0, 0.1) is 0 Å². The summed E-state index contributed by atoms with van der Waals surface area (Å²) in [4.78, 5) is 0. The maximum absolute atomic E-state index is 12.9. The largest absolute Gasteiger partial charge is 0.418 e. The van der Waals surface area contributed by atoms with E-state index in [1.807, 2.05) is 4.72 Å². The number of rotatable bonds is 6. The van der Waals surface area contributed by atoms with E-state index >= 15 is 0 Å². The highest BCUT2D eigenvalue weighted by Gasteiger charge is 2.35. The second-order valence-electron chi connectivity index (χ2n) is 4.19. The Morgan fingerprint density at radius 2 is 2.00 bits per heavy atom. The number of benzene rings is 1. The molecule has 0 aliphatic carbocycles. The summed E-state index contributed by atoms with van der Waals surface area (Å²) in [5.41, 5.74) is -1.78. The molecule has 21 heavy (non-hydrogen) atoms. The first-order valence-corrected chi connectivity index (χ1v) is 7.61. The first kappa shape index (κ1) is 18.0. The first-order chi connectivity index (χ1) is 9.58. The van der Waals surface area contributed by atoms with E-state index in [9.17, 15) is 21.6 Å². The van der Waals surface area contributed by atoms with Crippen LogP contribution in [0.15, 0.2) is 18.2 Å². The molecule has 1 aromatic carbocycles. The highest BCUT2D eigenvalue weighted by molar-refractivity contribution is 7.90. The van der Waals surface area contributed by atoms with E-state index in [-0.39, 0.29) is 24.6 Å². The quantitative estimate of drug-likeness (QED) is 0.830. The predicted molar refractivity (Wildman–Crippen MR) is 73.3 cm³/mol. The SMILES string of the molecule is CN(CCCO)S(=O)(=O)Nc1ccc(Cl)cc1C(F)(F)F. The molecule has 2 N–H and O–H groups in total. The van der Waals surface area contributed by atoms with Gasteiger partial charge < -0.3 is 5.11 Å². The Bertz CT molecular complexity index is 593. The minimum Gasteiger partial charge on any atom is -0.396 e. The Labute approximate surface area is 125 Å². The summed E-state index contributed by atoms with van der Waals surface area (Å²) < 4.78 is 65.1. The van der Waals surface area contributed by atoms with Crippen LogP contribution in [0.2, 0.25) is 5.02 Å². The van der Waals surface area contributed by atoms with Crippen LogP contribution in [0.25, 0.3) is 0 Å². The molecule has 0 aromatic heterocycles. The molecule has 0 unspecified atom stereocenters. The van der Waals surface area contributed by atoms with Crippen molar-refractivity contribution in [2.75, 3.05) is 24.9 Å². The molecule has 10 heteroatoms. The lowest BCUT2D eigenvalue weighted by Crippen LogP contribution is -2.34. The molecule has 0 spiro atoms. The van der Waals surface area contributed by atoms with Crippen molar-refractivity contribution in [1.29, 1.82) is 0 Å². The second kappa shape index (κ2) is 6.82. The van der Waals surface area contributed by atoms with Gasteiger partial charge >= 0.3 is 16.4 Å². The van der Waals surface area contributed by atoms with Crippen LogP contribution in [0.3, 0.4) is 0 Å². The molecular weight excluding hydrogens is 333 g/mol. The molecule has 0 radical (unpaired) electrons. The molecular formula is C11H14ClF3N2O3S. The lowest BCUT2D eigenvalue weighted by Gasteiger charge is -2.20. The average molecular weight is 347 g/mol. The number of hydrogen-bond donors (Lipinski definition) is 2. The van der Waals surface area contributed by atoms with Crippen LogP contribution >= 0.6 is 11.6 Å². The van der Waals surface area contributed by atoms with Crippen LogP contribution in [-0.2, 0) is 16.4 Å². The van der Waals surface area contributed by atoms with E-state index in [1.54, 1.807) is 0 Å². The van der Waals surface area contributed by atoms with E-state index in [0.29, 0.717) is 6.07 Å². The summed E-state index contributed by atoms with van der Waals surface area (Å²) >= 11 is 5.51. The Balaban J connectivity index is 3.08. The maximum Gasteiger partial charge on any atom is 0.418 e. The van der Waals surface area contributed by atoms with Crippen molar-refractivity contribution in [3.63, 3.8) is 0 Å². The Hall–Kier alpha value is -1.03. The zero-order chi connectivity index (χ0) is 16.3. The van der Waals surface area contributed by atoms with Crippen molar-refractivity contribution in [2.45, 2.75) is 12.6 Å². The molecule has 0 amide bonds. The summed E-state index contributed by atoms with van der Waals surface area (Å²) in [7, 11) is -2.96. The van der Waals surface area contributed by atoms with E-state index in [2.05, 4.69) is 0 Å². The third-order valence-corrected chi connectivity index (χ3v) is 4.28. The van der Waals surface area contributed by atoms with E-state index in [1.165, 1.54) is 7.05 Å². The number of alkyl halides is 3. The van der Waals surface area contributed by atoms with Gasteiger partial charge in [0.1, 0.15) is 0 Å². The highest BCUT2D eigenvalue weighted by Crippen LogP contribution is 2.36. The number of nitrogens with zero attached hydrogens (tertiary/aromatic N) is 1. The number of hydrogen-bond acceptors (Lipinski definition) is 3. The van der Waals surface area contributed by atoms with Gasteiger partial charge in [0.05, 0.1) is 11.3 Å². The van der Waals surface area contributed by atoms with Gasteiger partial charge in [0, 0.05) is 25.2 Å². The van der Waals surface area contributed by atoms with E-state index in [4.69, 9.17) is 16.7 Å².